The van der Waals surface area contributed by atoms with Crippen LogP contribution in [-0.2, 0) is 0 Å². The summed E-state index contributed by atoms with van der Waals surface area (Å²) in [5.41, 5.74) is 7.62. The van der Waals surface area contributed by atoms with Gasteiger partial charge < -0.3 is 11.1 Å². The Hall–Kier alpha value is -2.89. The average Bonchev–Trinajstić information content (AvgIpc) is 2.86. The molecule has 2 heterocycles. The van der Waals surface area contributed by atoms with Crippen molar-refractivity contribution < 1.29 is 4.79 Å². The molecule has 0 aliphatic heterocycles. The Bertz CT molecular complexity index is 749. The quantitative estimate of drug-likeness (QED) is 0.648. The Kier molecular flexibility index (Phi) is 2.60. The average molecular weight is 253 g/mol. The van der Waals surface area contributed by atoms with E-state index in [0.717, 1.165) is 10.9 Å². The van der Waals surface area contributed by atoms with Gasteiger partial charge in [0.05, 0.1) is 17.3 Å². The molecule has 0 spiro atoms. The van der Waals surface area contributed by atoms with Gasteiger partial charge in [0.15, 0.2) is 0 Å². The Balaban J connectivity index is 1.88. The lowest BCUT2D eigenvalue weighted by Crippen LogP contribution is -2.14. The first-order valence-corrected chi connectivity index (χ1v) is 5.69. The fraction of sp³-hybridized carbons (Fsp3) is 0. The lowest BCUT2D eigenvalue weighted by molar-refractivity contribution is 0.102. The molecule has 0 saturated carbocycles. The molecule has 94 valence electrons. The number of nitrogens with two attached hydrogens (primary N) is 1. The maximum atomic E-state index is 12.1. The molecule has 6 nitrogen and oxygen atoms in total. The molecule has 0 aliphatic carbocycles. The van der Waals surface area contributed by atoms with E-state index in [2.05, 4.69) is 20.5 Å². The molecular formula is C13H11N5O. The van der Waals surface area contributed by atoms with Crippen LogP contribution < -0.4 is 11.1 Å². The van der Waals surface area contributed by atoms with E-state index in [1.165, 1.54) is 0 Å². The zero-order chi connectivity index (χ0) is 13.2. The molecule has 0 unspecified atom stereocenters. The van der Waals surface area contributed by atoms with Crippen LogP contribution in [0.2, 0.25) is 0 Å². The first-order chi connectivity index (χ1) is 9.24. The third kappa shape index (κ3) is 2.11. The van der Waals surface area contributed by atoms with Crippen molar-refractivity contribution in [3.63, 3.8) is 0 Å². The molecule has 0 bridgehead atoms. The van der Waals surface area contributed by atoms with Crippen LogP contribution in [0.5, 0.6) is 0 Å². The lowest BCUT2D eigenvalue weighted by Gasteiger charge is -2.06. The number of H-pyrrole nitrogens is 1. The van der Waals surface area contributed by atoms with E-state index >= 15 is 0 Å². The maximum absolute atomic E-state index is 12.1. The summed E-state index contributed by atoms with van der Waals surface area (Å²) in [6, 6.07) is 8.79. The highest BCUT2D eigenvalue weighted by Gasteiger charge is 2.10. The first kappa shape index (κ1) is 11.2. The molecule has 0 atom stereocenters. The van der Waals surface area contributed by atoms with E-state index in [4.69, 9.17) is 5.73 Å². The predicted molar refractivity (Wildman–Crippen MR) is 72.7 cm³/mol. The van der Waals surface area contributed by atoms with Crippen molar-refractivity contribution in [1.82, 2.24) is 15.2 Å². The van der Waals surface area contributed by atoms with E-state index in [-0.39, 0.29) is 11.7 Å². The molecule has 0 fully saturated rings. The maximum Gasteiger partial charge on any atom is 0.259 e. The summed E-state index contributed by atoms with van der Waals surface area (Å²) in [5, 5.41) is 10.5. The molecule has 3 rings (SSSR count). The monoisotopic (exact) mass is 253 g/mol. The molecule has 19 heavy (non-hydrogen) atoms. The van der Waals surface area contributed by atoms with E-state index in [0.29, 0.717) is 11.3 Å². The summed E-state index contributed by atoms with van der Waals surface area (Å²) >= 11 is 0. The third-order valence-electron chi connectivity index (χ3n) is 2.78. The number of carbonyl (C=O) groups is 1. The van der Waals surface area contributed by atoms with Crippen LogP contribution in [0.15, 0.2) is 42.7 Å². The highest BCUT2D eigenvalue weighted by molar-refractivity contribution is 6.07. The van der Waals surface area contributed by atoms with Gasteiger partial charge in [-0.2, -0.15) is 5.10 Å². The molecule has 6 heteroatoms. The minimum absolute atomic E-state index is 0.212. The topological polar surface area (TPSA) is 96.7 Å². The van der Waals surface area contributed by atoms with Crippen molar-refractivity contribution in [2.75, 3.05) is 11.1 Å². The number of amides is 1. The second kappa shape index (κ2) is 4.41. The number of benzene rings is 1. The highest BCUT2D eigenvalue weighted by atomic mass is 16.1. The molecule has 1 amide bonds. The summed E-state index contributed by atoms with van der Waals surface area (Å²) in [4.78, 5) is 15.9. The Morgan fingerprint density at radius 1 is 1.32 bits per heavy atom. The molecule has 0 saturated heterocycles. The summed E-state index contributed by atoms with van der Waals surface area (Å²) in [6.07, 6.45) is 3.24. The van der Waals surface area contributed by atoms with Gasteiger partial charge >= 0.3 is 0 Å². The van der Waals surface area contributed by atoms with Crippen molar-refractivity contribution in [1.29, 1.82) is 0 Å². The lowest BCUT2D eigenvalue weighted by atomic mass is 10.2. The minimum atomic E-state index is -0.284. The van der Waals surface area contributed by atoms with Crippen LogP contribution in [-0.4, -0.2) is 21.1 Å². The number of hydrogen-bond acceptors (Lipinski definition) is 4. The van der Waals surface area contributed by atoms with E-state index in [9.17, 15) is 4.79 Å². The van der Waals surface area contributed by atoms with Gasteiger partial charge in [0.1, 0.15) is 5.82 Å². The van der Waals surface area contributed by atoms with Crippen LogP contribution in [0.25, 0.3) is 10.9 Å². The van der Waals surface area contributed by atoms with E-state index in [1.807, 2.05) is 12.1 Å². The highest BCUT2D eigenvalue weighted by Crippen LogP contribution is 2.18. The molecule has 0 aliphatic rings. The van der Waals surface area contributed by atoms with Gasteiger partial charge in [-0.15, -0.1) is 0 Å². The van der Waals surface area contributed by atoms with Crippen LogP contribution in [0, 0.1) is 0 Å². The standard InChI is InChI=1S/C13H11N5O/c14-12-10(2-1-5-15-12)13(19)17-9-3-4-11-8(6-9)7-16-18-11/h1-7H,(H2,14,15)(H,16,18)(H,17,19). The predicted octanol–water partition coefficient (Wildman–Crippen LogP) is 1.79. The van der Waals surface area contributed by atoms with Crippen LogP contribution in [0.3, 0.4) is 0 Å². The summed E-state index contributed by atoms with van der Waals surface area (Å²) < 4.78 is 0. The van der Waals surface area contributed by atoms with Crippen molar-refractivity contribution in [3.05, 3.63) is 48.3 Å². The molecule has 3 aromatic rings. The number of rotatable bonds is 2. The number of aromatic amines is 1. The number of hydrogen-bond donors (Lipinski definition) is 3. The number of carbonyl (C=O) groups excluding carboxylic acids is 1. The zero-order valence-electron chi connectivity index (χ0n) is 9.92. The Morgan fingerprint density at radius 3 is 3.05 bits per heavy atom. The van der Waals surface area contributed by atoms with Crippen molar-refractivity contribution in [3.8, 4) is 0 Å². The van der Waals surface area contributed by atoms with Crippen LogP contribution >= 0.6 is 0 Å². The number of anilines is 2. The van der Waals surface area contributed by atoms with Gasteiger partial charge in [0.2, 0.25) is 0 Å². The fourth-order valence-electron chi connectivity index (χ4n) is 1.83. The van der Waals surface area contributed by atoms with Gasteiger partial charge in [0.25, 0.3) is 5.91 Å². The first-order valence-electron chi connectivity index (χ1n) is 5.69. The largest absolute Gasteiger partial charge is 0.383 e. The number of nitrogens with zero attached hydrogens (tertiary/aromatic N) is 2. The molecule has 2 aromatic heterocycles. The van der Waals surface area contributed by atoms with Gasteiger partial charge in [-0.05, 0) is 30.3 Å². The van der Waals surface area contributed by atoms with Gasteiger partial charge in [-0.25, -0.2) is 4.98 Å². The number of pyridine rings is 1. The molecular weight excluding hydrogens is 242 g/mol. The molecule has 4 N–H and O–H groups in total. The van der Waals surface area contributed by atoms with Crippen LogP contribution in [0.4, 0.5) is 11.5 Å². The third-order valence-corrected chi connectivity index (χ3v) is 2.78. The smallest absolute Gasteiger partial charge is 0.259 e. The Morgan fingerprint density at radius 2 is 2.21 bits per heavy atom. The molecule has 1 aromatic carbocycles. The SMILES string of the molecule is Nc1ncccc1C(=O)Nc1ccc2[nH]ncc2c1. The number of fused-ring (bicyclic) bond motifs is 1. The minimum Gasteiger partial charge on any atom is -0.383 e. The molecule has 0 radical (unpaired) electrons. The number of nitrogens with one attached hydrogen (secondary N) is 2. The van der Waals surface area contributed by atoms with Gasteiger partial charge in [-0.1, -0.05) is 0 Å². The zero-order valence-corrected chi connectivity index (χ0v) is 9.92. The van der Waals surface area contributed by atoms with Crippen molar-refractivity contribution in [2.45, 2.75) is 0 Å². The summed E-state index contributed by atoms with van der Waals surface area (Å²) in [5.74, 6) is -0.0714. The summed E-state index contributed by atoms with van der Waals surface area (Å²) in [6.45, 7) is 0. The fourth-order valence-corrected chi connectivity index (χ4v) is 1.83. The van der Waals surface area contributed by atoms with Crippen molar-refractivity contribution >= 4 is 28.3 Å². The number of nitrogen functional groups attached to an aromatic ring is 1. The van der Waals surface area contributed by atoms with E-state index < -0.39 is 0 Å². The number of aromatic nitrogens is 3. The second-order valence-corrected chi connectivity index (χ2v) is 4.06. The van der Waals surface area contributed by atoms with Gasteiger partial charge in [-0.3, -0.25) is 9.89 Å². The van der Waals surface area contributed by atoms with Crippen molar-refractivity contribution in [2.24, 2.45) is 0 Å². The Labute approximate surface area is 108 Å². The van der Waals surface area contributed by atoms with E-state index in [1.54, 1.807) is 30.6 Å². The summed E-state index contributed by atoms with van der Waals surface area (Å²) in [7, 11) is 0. The normalized spacial score (nSPS) is 10.5. The van der Waals surface area contributed by atoms with Crippen LogP contribution in [0.1, 0.15) is 10.4 Å². The van der Waals surface area contributed by atoms with Gasteiger partial charge in [0, 0.05) is 17.3 Å². The second-order valence-electron chi connectivity index (χ2n) is 4.06.